The Labute approximate surface area is 157 Å². The maximum Gasteiger partial charge on any atom is 0.338 e. The van der Waals surface area contributed by atoms with E-state index in [1.807, 2.05) is 19.9 Å². The Morgan fingerprint density at radius 1 is 1.26 bits per heavy atom. The minimum atomic E-state index is -0.602. The number of rotatable bonds is 8. The van der Waals surface area contributed by atoms with E-state index in [1.54, 1.807) is 31.3 Å². The maximum absolute atomic E-state index is 12.0. The first-order valence-electron chi connectivity index (χ1n) is 8.35. The average Bonchev–Trinajstić information content (AvgIpc) is 3.00. The zero-order valence-electron chi connectivity index (χ0n) is 15.5. The van der Waals surface area contributed by atoms with E-state index in [1.165, 1.54) is 4.90 Å². The van der Waals surface area contributed by atoms with E-state index in [0.717, 1.165) is 11.3 Å². The van der Waals surface area contributed by atoms with Gasteiger partial charge >= 0.3 is 5.97 Å². The number of ether oxygens (including phenoxy) is 2. The van der Waals surface area contributed by atoms with Crippen molar-refractivity contribution in [1.82, 2.24) is 10.1 Å². The Morgan fingerprint density at radius 3 is 2.56 bits per heavy atom. The maximum atomic E-state index is 12.0. The molecule has 2 aromatic rings. The van der Waals surface area contributed by atoms with Gasteiger partial charge in [-0.2, -0.15) is 5.26 Å². The SMILES string of the molecule is Cc1noc(C)c1COc1ccc(C(=O)OCC(=O)N(C)CCC#N)cc1. The summed E-state index contributed by atoms with van der Waals surface area (Å²) in [6.45, 7) is 3.90. The number of esters is 1. The molecule has 0 atom stereocenters. The standard InChI is InChI=1S/C19H21N3O5/c1-13-17(14(2)27-21-13)11-25-16-7-5-15(6-8-16)19(24)26-12-18(23)22(3)10-4-9-20/h5-8H,4,10-12H2,1-3H3. The third-order valence-electron chi connectivity index (χ3n) is 3.97. The molecule has 0 unspecified atom stereocenters. The highest BCUT2D eigenvalue weighted by molar-refractivity contribution is 5.91. The Kier molecular flexibility index (Phi) is 6.94. The van der Waals surface area contributed by atoms with Crippen LogP contribution in [0.25, 0.3) is 0 Å². The van der Waals surface area contributed by atoms with Gasteiger partial charge in [-0.1, -0.05) is 5.16 Å². The van der Waals surface area contributed by atoms with Crippen LogP contribution in [0.5, 0.6) is 5.75 Å². The zero-order chi connectivity index (χ0) is 19.8. The Hall–Kier alpha value is -3.34. The molecule has 8 heteroatoms. The smallest absolute Gasteiger partial charge is 0.338 e. The minimum Gasteiger partial charge on any atom is -0.489 e. The first-order valence-corrected chi connectivity index (χ1v) is 8.35. The lowest BCUT2D eigenvalue weighted by molar-refractivity contribution is -0.133. The molecule has 0 radical (unpaired) electrons. The Morgan fingerprint density at radius 2 is 1.96 bits per heavy atom. The van der Waals surface area contributed by atoms with E-state index in [4.69, 9.17) is 19.3 Å². The van der Waals surface area contributed by atoms with Gasteiger partial charge in [-0.3, -0.25) is 4.79 Å². The second-order valence-corrected chi connectivity index (χ2v) is 5.92. The molecule has 142 valence electrons. The topological polar surface area (TPSA) is 106 Å². The monoisotopic (exact) mass is 371 g/mol. The number of nitriles is 1. The molecular weight excluding hydrogens is 350 g/mol. The van der Waals surface area contributed by atoms with Gasteiger partial charge in [0.05, 0.1) is 29.3 Å². The molecule has 0 N–H and O–H groups in total. The second-order valence-electron chi connectivity index (χ2n) is 5.92. The number of aryl methyl sites for hydroxylation is 2. The van der Waals surface area contributed by atoms with Crippen molar-refractivity contribution in [3.8, 4) is 11.8 Å². The summed E-state index contributed by atoms with van der Waals surface area (Å²) in [5, 5.41) is 12.4. The summed E-state index contributed by atoms with van der Waals surface area (Å²) in [4.78, 5) is 25.2. The predicted octanol–water partition coefficient (Wildman–Crippen LogP) is 2.40. The van der Waals surface area contributed by atoms with E-state index in [0.29, 0.717) is 30.2 Å². The van der Waals surface area contributed by atoms with Crippen molar-refractivity contribution < 1.29 is 23.6 Å². The fourth-order valence-electron chi connectivity index (χ4n) is 2.21. The molecule has 0 saturated carbocycles. The summed E-state index contributed by atoms with van der Waals surface area (Å²) in [6, 6.07) is 8.38. The normalized spacial score (nSPS) is 10.1. The van der Waals surface area contributed by atoms with Crippen molar-refractivity contribution in [1.29, 1.82) is 5.26 Å². The highest BCUT2D eigenvalue weighted by atomic mass is 16.5. The van der Waals surface area contributed by atoms with Crippen molar-refractivity contribution in [3.05, 3.63) is 46.8 Å². The summed E-state index contributed by atoms with van der Waals surface area (Å²) >= 11 is 0. The molecule has 8 nitrogen and oxygen atoms in total. The van der Waals surface area contributed by atoms with Gasteiger partial charge in [0.1, 0.15) is 18.1 Å². The third-order valence-corrected chi connectivity index (χ3v) is 3.97. The first-order chi connectivity index (χ1) is 12.9. The number of aromatic nitrogens is 1. The third kappa shape index (κ3) is 5.57. The minimum absolute atomic E-state index is 0.228. The van der Waals surface area contributed by atoms with E-state index in [9.17, 15) is 9.59 Å². The van der Waals surface area contributed by atoms with Crippen LogP contribution < -0.4 is 4.74 Å². The fraction of sp³-hybridized carbons (Fsp3) is 0.368. The van der Waals surface area contributed by atoms with Gasteiger partial charge in [0.25, 0.3) is 5.91 Å². The number of nitrogens with zero attached hydrogens (tertiary/aromatic N) is 3. The van der Waals surface area contributed by atoms with Crippen LogP contribution in [0.15, 0.2) is 28.8 Å². The van der Waals surface area contributed by atoms with Crippen molar-refractivity contribution in [2.24, 2.45) is 0 Å². The molecule has 0 saturated heterocycles. The van der Waals surface area contributed by atoms with E-state index >= 15 is 0 Å². The van der Waals surface area contributed by atoms with Crippen LogP contribution in [0.1, 0.15) is 33.8 Å². The lowest BCUT2D eigenvalue weighted by atomic mass is 10.2. The lowest BCUT2D eigenvalue weighted by Crippen LogP contribution is -2.31. The molecular formula is C19H21N3O5. The summed E-state index contributed by atoms with van der Waals surface area (Å²) < 4.78 is 15.8. The van der Waals surface area contributed by atoms with Gasteiger partial charge in [-0.25, -0.2) is 4.79 Å². The predicted molar refractivity (Wildman–Crippen MR) is 94.9 cm³/mol. The van der Waals surface area contributed by atoms with Crippen molar-refractivity contribution in [2.75, 3.05) is 20.2 Å². The van der Waals surface area contributed by atoms with Gasteiger partial charge in [0, 0.05) is 13.6 Å². The van der Waals surface area contributed by atoms with Crippen LogP contribution in [0.2, 0.25) is 0 Å². The highest BCUT2D eigenvalue weighted by Gasteiger charge is 2.14. The van der Waals surface area contributed by atoms with Crippen LogP contribution in [-0.2, 0) is 16.1 Å². The molecule has 27 heavy (non-hydrogen) atoms. The van der Waals surface area contributed by atoms with Crippen LogP contribution in [0.4, 0.5) is 0 Å². The zero-order valence-corrected chi connectivity index (χ0v) is 15.5. The number of carbonyl (C=O) groups is 2. The van der Waals surface area contributed by atoms with Crippen molar-refractivity contribution in [2.45, 2.75) is 26.9 Å². The summed E-state index contributed by atoms with van der Waals surface area (Å²) in [7, 11) is 1.55. The van der Waals surface area contributed by atoms with Crippen molar-refractivity contribution >= 4 is 11.9 Å². The van der Waals surface area contributed by atoms with Crippen LogP contribution in [0.3, 0.4) is 0 Å². The molecule has 0 fully saturated rings. The second kappa shape index (κ2) is 9.38. The Balaban J connectivity index is 1.84. The molecule has 0 spiro atoms. The van der Waals surface area contributed by atoms with Crippen LogP contribution in [0, 0.1) is 25.2 Å². The van der Waals surface area contributed by atoms with Crippen molar-refractivity contribution in [3.63, 3.8) is 0 Å². The van der Waals surface area contributed by atoms with E-state index in [2.05, 4.69) is 5.16 Å². The molecule has 1 aromatic carbocycles. The largest absolute Gasteiger partial charge is 0.489 e. The van der Waals surface area contributed by atoms with Crippen LogP contribution >= 0.6 is 0 Å². The molecule has 0 aliphatic carbocycles. The molecule has 0 bridgehead atoms. The van der Waals surface area contributed by atoms with Gasteiger partial charge in [-0.05, 0) is 38.1 Å². The molecule has 0 aliphatic heterocycles. The van der Waals surface area contributed by atoms with E-state index in [-0.39, 0.29) is 18.9 Å². The van der Waals surface area contributed by atoms with Crippen LogP contribution in [-0.4, -0.2) is 42.1 Å². The summed E-state index contributed by atoms with van der Waals surface area (Å²) in [5.74, 6) is 0.322. The molecule has 1 amide bonds. The van der Waals surface area contributed by atoms with Gasteiger partial charge < -0.3 is 18.9 Å². The molecule has 1 aromatic heterocycles. The number of benzene rings is 1. The first kappa shape index (κ1) is 20.0. The molecule has 2 rings (SSSR count). The van der Waals surface area contributed by atoms with E-state index < -0.39 is 5.97 Å². The number of carbonyl (C=O) groups excluding carboxylic acids is 2. The summed E-state index contributed by atoms with van der Waals surface area (Å²) in [5.41, 5.74) is 1.97. The highest BCUT2D eigenvalue weighted by Crippen LogP contribution is 2.18. The lowest BCUT2D eigenvalue weighted by Gasteiger charge is -2.15. The molecule has 1 heterocycles. The Bertz CT molecular complexity index is 817. The van der Waals surface area contributed by atoms with Gasteiger partial charge in [0.15, 0.2) is 6.61 Å². The number of likely N-dealkylation sites (N-methyl/N-ethyl adjacent to an activating group) is 1. The van der Waals surface area contributed by atoms with Gasteiger partial charge in [-0.15, -0.1) is 0 Å². The number of hydrogen-bond donors (Lipinski definition) is 0. The molecule has 0 aliphatic rings. The fourth-order valence-corrected chi connectivity index (χ4v) is 2.21. The van der Waals surface area contributed by atoms with Gasteiger partial charge in [0.2, 0.25) is 0 Å². The number of hydrogen-bond acceptors (Lipinski definition) is 7. The average molecular weight is 371 g/mol. The number of amides is 1. The quantitative estimate of drug-likeness (QED) is 0.656. The summed E-state index contributed by atoms with van der Waals surface area (Å²) in [6.07, 6.45) is 0.228.